The fourth-order valence-electron chi connectivity index (χ4n) is 2.88. The average Bonchev–Trinajstić information content (AvgIpc) is 2.29. The van der Waals surface area contributed by atoms with Gasteiger partial charge in [-0.05, 0) is 58.8 Å². The van der Waals surface area contributed by atoms with Gasteiger partial charge in [-0.2, -0.15) is 0 Å². The van der Waals surface area contributed by atoms with E-state index in [2.05, 4.69) is 0 Å². The first-order valence-electron chi connectivity index (χ1n) is 7.08. The Balaban J connectivity index is 2.29. The largest absolute Gasteiger partial charge is 0.469 e. The summed E-state index contributed by atoms with van der Waals surface area (Å²) in [7, 11) is 1.48. The van der Waals surface area contributed by atoms with Crippen LogP contribution in [0.4, 0.5) is 0 Å². The number of methoxy groups -OCH3 is 1. The van der Waals surface area contributed by atoms with Crippen LogP contribution in [0.3, 0.4) is 0 Å². The van der Waals surface area contributed by atoms with Crippen molar-refractivity contribution in [2.75, 3.05) is 7.11 Å². The van der Waals surface area contributed by atoms with Crippen molar-refractivity contribution >= 4 is 5.97 Å². The highest BCUT2D eigenvalue weighted by atomic mass is 16.5. The number of rotatable bonds is 5. The Hall–Kier alpha value is -0.570. The first-order chi connectivity index (χ1) is 8.27. The van der Waals surface area contributed by atoms with Gasteiger partial charge < -0.3 is 9.84 Å². The van der Waals surface area contributed by atoms with Crippen LogP contribution in [-0.4, -0.2) is 23.8 Å². The standard InChI is InChI=1S/C15H28O3/c1-14(2,17)9-5-6-12-7-10-15(3,11-8-12)13(16)18-4/h12,17H,5-11H2,1-4H3. The molecule has 1 N–H and O–H groups in total. The SMILES string of the molecule is COC(=O)C1(C)CCC(CCCC(C)(C)O)CC1. The van der Waals surface area contributed by atoms with Crippen molar-refractivity contribution in [3.8, 4) is 0 Å². The van der Waals surface area contributed by atoms with Gasteiger partial charge in [0.25, 0.3) is 0 Å². The van der Waals surface area contributed by atoms with E-state index in [1.165, 1.54) is 13.5 Å². The first kappa shape index (κ1) is 15.5. The molecule has 3 heteroatoms. The second kappa shape index (κ2) is 6.05. The smallest absolute Gasteiger partial charge is 0.311 e. The summed E-state index contributed by atoms with van der Waals surface area (Å²) in [5, 5.41) is 9.67. The summed E-state index contributed by atoms with van der Waals surface area (Å²) < 4.78 is 4.88. The zero-order chi connectivity index (χ0) is 13.8. The molecule has 1 rings (SSSR count). The molecule has 0 amide bonds. The van der Waals surface area contributed by atoms with Crippen molar-refractivity contribution in [3.05, 3.63) is 0 Å². The summed E-state index contributed by atoms with van der Waals surface area (Å²) in [4.78, 5) is 11.7. The van der Waals surface area contributed by atoms with Crippen molar-refractivity contribution < 1.29 is 14.6 Å². The highest BCUT2D eigenvalue weighted by molar-refractivity contribution is 5.76. The molecule has 0 spiro atoms. The zero-order valence-electron chi connectivity index (χ0n) is 12.3. The third kappa shape index (κ3) is 4.60. The summed E-state index contributed by atoms with van der Waals surface area (Å²) in [6.45, 7) is 5.75. The summed E-state index contributed by atoms with van der Waals surface area (Å²) in [6, 6.07) is 0. The molecule has 0 bridgehead atoms. The molecule has 0 aromatic carbocycles. The van der Waals surface area contributed by atoms with Gasteiger partial charge in [-0.25, -0.2) is 0 Å². The van der Waals surface area contributed by atoms with Crippen LogP contribution >= 0.6 is 0 Å². The average molecular weight is 256 g/mol. The Morgan fingerprint density at radius 2 is 1.94 bits per heavy atom. The van der Waals surface area contributed by atoms with E-state index >= 15 is 0 Å². The molecule has 0 heterocycles. The molecule has 0 aromatic heterocycles. The molecule has 18 heavy (non-hydrogen) atoms. The molecular formula is C15H28O3. The van der Waals surface area contributed by atoms with Gasteiger partial charge in [0.1, 0.15) is 0 Å². The van der Waals surface area contributed by atoms with Gasteiger partial charge in [0.15, 0.2) is 0 Å². The van der Waals surface area contributed by atoms with Crippen LogP contribution in [0, 0.1) is 11.3 Å². The normalized spacial score (nSPS) is 29.1. The van der Waals surface area contributed by atoms with Gasteiger partial charge >= 0.3 is 5.97 Å². The van der Waals surface area contributed by atoms with E-state index in [0.29, 0.717) is 5.92 Å². The summed E-state index contributed by atoms with van der Waals surface area (Å²) in [5.41, 5.74) is -0.809. The van der Waals surface area contributed by atoms with E-state index in [1.54, 1.807) is 0 Å². The minimum absolute atomic E-state index is 0.0579. The Kier molecular flexibility index (Phi) is 5.20. The van der Waals surface area contributed by atoms with Crippen molar-refractivity contribution in [1.82, 2.24) is 0 Å². The van der Waals surface area contributed by atoms with Crippen LogP contribution in [-0.2, 0) is 9.53 Å². The van der Waals surface area contributed by atoms with Crippen molar-refractivity contribution in [1.29, 1.82) is 0 Å². The zero-order valence-corrected chi connectivity index (χ0v) is 12.3. The van der Waals surface area contributed by atoms with Gasteiger partial charge in [-0.15, -0.1) is 0 Å². The maximum atomic E-state index is 11.7. The molecule has 106 valence electrons. The number of ether oxygens (including phenoxy) is 1. The Morgan fingerprint density at radius 1 is 1.39 bits per heavy atom. The van der Waals surface area contributed by atoms with E-state index < -0.39 is 5.60 Å². The van der Waals surface area contributed by atoms with Crippen LogP contribution in [0.1, 0.15) is 65.7 Å². The maximum Gasteiger partial charge on any atom is 0.311 e. The van der Waals surface area contributed by atoms with E-state index in [9.17, 15) is 9.90 Å². The molecule has 0 aliphatic heterocycles. The lowest BCUT2D eigenvalue weighted by Crippen LogP contribution is -2.33. The summed E-state index contributed by atoms with van der Waals surface area (Å²) in [6.07, 6.45) is 7.19. The molecule has 1 fully saturated rings. The van der Waals surface area contributed by atoms with Gasteiger partial charge in [-0.1, -0.05) is 12.8 Å². The molecular weight excluding hydrogens is 228 g/mol. The molecule has 0 radical (unpaired) electrons. The van der Waals surface area contributed by atoms with E-state index in [0.717, 1.165) is 38.5 Å². The number of carbonyl (C=O) groups is 1. The highest BCUT2D eigenvalue weighted by Gasteiger charge is 2.38. The molecule has 0 saturated heterocycles. The lowest BCUT2D eigenvalue weighted by atomic mass is 9.70. The van der Waals surface area contributed by atoms with E-state index in [4.69, 9.17) is 4.74 Å². The lowest BCUT2D eigenvalue weighted by molar-refractivity contribution is -0.154. The van der Waals surface area contributed by atoms with Crippen molar-refractivity contribution in [3.63, 3.8) is 0 Å². The van der Waals surface area contributed by atoms with Crippen LogP contribution in [0.2, 0.25) is 0 Å². The Morgan fingerprint density at radius 3 is 2.39 bits per heavy atom. The van der Waals surface area contributed by atoms with Gasteiger partial charge in [0.2, 0.25) is 0 Å². The maximum absolute atomic E-state index is 11.7. The number of esters is 1. The van der Waals surface area contributed by atoms with Gasteiger partial charge in [-0.3, -0.25) is 4.79 Å². The minimum Gasteiger partial charge on any atom is -0.469 e. The molecule has 0 atom stereocenters. The first-order valence-corrected chi connectivity index (χ1v) is 7.08. The number of aliphatic hydroxyl groups is 1. The van der Waals surface area contributed by atoms with Crippen LogP contribution < -0.4 is 0 Å². The number of hydrogen-bond acceptors (Lipinski definition) is 3. The predicted octanol–water partition coefficient (Wildman–Crippen LogP) is 3.30. The number of hydrogen-bond donors (Lipinski definition) is 1. The second-order valence-electron chi connectivity index (χ2n) is 6.70. The molecule has 0 aromatic rings. The third-order valence-electron chi connectivity index (χ3n) is 4.29. The fourth-order valence-corrected chi connectivity index (χ4v) is 2.88. The quantitative estimate of drug-likeness (QED) is 0.768. The number of carbonyl (C=O) groups excluding carboxylic acids is 1. The lowest BCUT2D eigenvalue weighted by Gasteiger charge is -2.35. The highest BCUT2D eigenvalue weighted by Crippen LogP contribution is 2.41. The minimum atomic E-state index is -0.546. The van der Waals surface area contributed by atoms with Gasteiger partial charge in [0, 0.05) is 0 Å². The van der Waals surface area contributed by atoms with E-state index in [1.807, 2.05) is 20.8 Å². The fraction of sp³-hybridized carbons (Fsp3) is 0.933. The molecule has 0 unspecified atom stereocenters. The Bertz CT molecular complexity index is 270. The summed E-state index contributed by atoms with van der Waals surface area (Å²) in [5.74, 6) is 0.655. The molecule has 1 saturated carbocycles. The van der Waals surface area contributed by atoms with Crippen LogP contribution in [0.15, 0.2) is 0 Å². The van der Waals surface area contributed by atoms with Gasteiger partial charge in [0.05, 0.1) is 18.1 Å². The third-order valence-corrected chi connectivity index (χ3v) is 4.29. The van der Waals surface area contributed by atoms with Crippen molar-refractivity contribution in [2.45, 2.75) is 71.3 Å². The van der Waals surface area contributed by atoms with Crippen molar-refractivity contribution in [2.24, 2.45) is 11.3 Å². The molecule has 3 nitrogen and oxygen atoms in total. The summed E-state index contributed by atoms with van der Waals surface area (Å²) >= 11 is 0. The topological polar surface area (TPSA) is 46.5 Å². The van der Waals surface area contributed by atoms with Crippen LogP contribution in [0.25, 0.3) is 0 Å². The second-order valence-corrected chi connectivity index (χ2v) is 6.70. The Labute approximate surface area is 111 Å². The monoisotopic (exact) mass is 256 g/mol. The predicted molar refractivity (Wildman–Crippen MR) is 72.2 cm³/mol. The molecule has 1 aliphatic carbocycles. The van der Waals surface area contributed by atoms with E-state index in [-0.39, 0.29) is 11.4 Å². The van der Waals surface area contributed by atoms with Crippen LogP contribution in [0.5, 0.6) is 0 Å². The molecule has 1 aliphatic rings.